The summed E-state index contributed by atoms with van der Waals surface area (Å²) in [6, 6.07) is 1.90. The summed E-state index contributed by atoms with van der Waals surface area (Å²) in [5.74, 6) is 0. The molecule has 2 rings (SSSR count). The van der Waals surface area contributed by atoms with Gasteiger partial charge in [-0.2, -0.15) is 0 Å². The minimum atomic E-state index is -3.53. The third-order valence-electron chi connectivity index (χ3n) is 2.77. The molecule has 0 unspecified atom stereocenters. The molecule has 0 aliphatic rings. The Morgan fingerprint density at radius 1 is 1.40 bits per heavy atom. The average molecular weight is 376 g/mol. The molecule has 5 nitrogen and oxygen atoms in total. The molecule has 20 heavy (non-hydrogen) atoms. The highest BCUT2D eigenvalue weighted by molar-refractivity contribution is 9.11. The maximum Gasteiger partial charge on any atom is 0.267 e. The van der Waals surface area contributed by atoms with Crippen molar-refractivity contribution in [2.24, 2.45) is 0 Å². The van der Waals surface area contributed by atoms with E-state index in [0.29, 0.717) is 18.7 Å². The fourth-order valence-corrected chi connectivity index (χ4v) is 4.65. The zero-order valence-corrected chi connectivity index (χ0v) is 14.3. The van der Waals surface area contributed by atoms with E-state index in [9.17, 15) is 8.42 Å². The van der Waals surface area contributed by atoms with Gasteiger partial charge in [0.05, 0.1) is 9.48 Å². The highest BCUT2D eigenvalue weighted by Crippen LogP contribution is 2.26. The SMILES string of the molecule is Cc1cnccc1CCNS(=O)(=O)c1nc(C)c(Br)s1. The van der Waals surface area contributed by atoms with Gasteiger partial charge in [0.25, 0.3) is 10.0 Å². The van der Waals surface area contributed by atoms with Gasteiger partial charge in [0.2, 0.25) is 4.34 Å². The maximum atomic E-state index is 12.1. The molecule has 108 valence electrons. The molecule has 0 atom stereocenters. The molecule has 0 aromatic carbocycles. The molecule has 1 N–H and O–H groups in total. The summed E-state index contributed by atoms with van der Waals surface area (Å²) in [5, 5.41) is 0. The molecule has 0 aliphatic carbocycles. The molecule has 0 bridgehead atoms. The second-order valence-corrected chi connectivity index (χ2v) is 8.55. The van der Waals surface area contributed by atoms with E-state index in [0.717, 1.165) is 26.3 Å². The normalized spacial score (nSPS) is 11.8. The third-order valence-corrected chi connectivity index (χ3v) is 6.62. The molecule has 2 aromatic rings. The fraction of sp³-hybridized carbons (Fsp3) is 0.333. The number of aryl methyl sites for hydroxylation is 2. The smallest absolute Gasteiger partial charge is 0.264 e. The van der Waals surface area contributed by atoms with Gasteiger partial charge in [-0.05, 0) is 53.4 Å². The molecule has 0 saturated heterocycles. The van der Waals surface area contributed by atoms with E-state index in [4.69, 9.17) is 0 Å². The van der Waals surface area contributed by atoms with Crippen molar-refractivity contribution >= 4 is 37.3 Å². The number of hydrogen-bond donors (Lipinski definition) is 1. The Labute approximate surface area is 130 Å². The number of pyridine rings is 1. The summed E-state index contributed by atoms with van der Waals surface area (Å²) in [7, 11) is -3.53. The summed E-state index contributed by atoms with van der Waals surface area (Å²) in [4.78, 5) is 8.05. The average Bonchev–Trinajstić information content (AvgIpc) is 2.73. The number of aromatic nitrogens is 2. The van der Waals surface area contributed by atoms with E-state index < -0.39 is 10.0 Å². The standard InChI is InChI=1S/C12H14BrN3O2S2/c1-8-7-14-5-3-10(8)4-6-15-20(17,18)12-16-9(2)11(13)19-12/h3,5,7,15H,4,6H2,1-2H3. The molecule has 2 heterocycles. The first-order valence-electron chi connectivity index (χ1n) is 5.92. The van der Waals surface area contributed by atoms with Crippen molar-refractivity contribution in [1.29, 1.82) is 0 Å². The van der Waals surface area contributed by atoms with E-state index in [2.05, 4.69) is 30.6 Å². The summed E-state index contributed by atoms with van der Waals surface area (Å²) in [6.45, 7) is 4.06. The van der Waals surface area contributed by atoms with Crippen LogP contribution in [0.3, 0.4) is 0 Å². The van der Waals surface area contributed by atoms with Crippen molar-refractivity contribution in [3.8, 4) is 0 Å². The van der Waals surface area contributed by atoms with E-state index >= 15 is 0 Å². The van der Waals surface area contributed by atoms with E-state index in [-0.39, 0.29) is 4.34 Å². The van der Waals surface area contributed by atoms with Gasteiger partial charge >= 0.3 is 0 Å². The number of rotatable bonds is 5. The van der Waals surface area contributed by atoms with Gasteiger partial charge in [-0.25, -0.2) is 18.1 Å². The third kappa shape index (κ3) is 3.63. The highest BCUT2D eigenvalue weighted by Gasteiger charge is 2.19. The van der Waals surface area contributed by atoms with Crippen LogP contribution in [0.25, 0.3) is 0 Å². The summed E-state index contributed by atoms with van der Waals surface area (Å²) >= 11 is 4.40. The van der Waals surface area contributed by atoms with Crippen LogP contribution in [0.2, 0.25) is 0 Å². The van der Waals surface area contributed by atoms with Crippen LogP contribution < -0.4 is 4.72 Å². The number of halogens is 1. The molecular formula is C12H14BrN3O2S2. The second-order valence-electron chi connectivity index (χ2n) is 4.29. The second kappa shape index (κ2) is 6.30. The first kappa shape index (κ1) is 15.6. The van der Waals surface area contributed by atoms with Gasteiger partial charge in [0.15, 0.2) is 0 Å². The van der Waals surface area contributed by atoms with Gasteiger partial charge in [0, 0.05) is 18.9 Å². The highest BCUT2D eigenvalue weighted by atomic mass is 79.9. The Morgan fingerprint density at radius 2 is 2.15 bits per heavy atom. The minimum Gasteiger partial charge on any atom is -0.264 e. The number of nitrogens with zero attached hydrogens (tertiary/aromatic N) is 2. The molecule has 8 heteroatoms. The zero-order chi connectivity index (χ0) is 14.8. The molecule has 0 aliphatic heterocycles. The van der Waals surface area contributed by atoms with Crippen LogP contribution in [0.5, 0.6) is 0 Å². The van der Waals surface area contributed by atoms with Crippen LogP contribution in [0, 0.1) is 13.8 Å². The van der Waals surface area contributed by atoms with Crippen LogP contribution in [0.1, 0.15) is 16.8 Å². The monoisotopic (exact) mass is 375 g/mol. The van der Waals surface area contributed by atoms with Crippen LogP contribution in [-0.4, -0.2) is 24.9 Å². The van der Waals surface area contributed by atoms with Crippen molar-refractivity contribution < 1.29 is 8.42 Å². The molecule has 2 aromatic heterocycles. The van der Waals surface area contributed by atoms with Gasteiger partial charge < -0.3 is 0 Å². The van der Waals surface area contributed by atoms with E-state index in [1.165, 1.54) is 0 Å². The number of thiazole rings is 1. The lowest BCUT2D eigenvalue weighted by Crippen LogP contribution is -2.26. The van der Waals surface area contributed by atoms with Crippen molar-refractivity contribution in [1.82, 2.24) is 14.7 Å². The first-order chi connectivity index (χ1) is 9.40. The Bertz CT molecular complexity index is 694. The Balaban J connectivity index is 2.02. The topological polar surface area (TPSA) is 72.0 Å². The lowest BCUT2D eigenvalue weighted by atomic mass is 10.1. The zero-order valence-electron chi connectivity index (χ0n) is 11.1. The summed E-state index contributed by atoms with van der Waals surface area (Å²) in [6.07, 6.45) is 4.10. The van der Waals surface area contributed by atoms with Gasteiger partial charge in [0.1, 0.15) is 0 Å². The molecule has 0 spiro atoms. The predicted molar refractivity (Wildman–Crippen MR) is 82.4 cm³/mol. The Morgan fingerprint density at radius 3 is 2.75 bits per heavy atom. The van der Waals surface area contributed by atoms with Crippen molar-refractivity contribution in [2.45, 2.75) is 24.6 Å². The lowest BCUT2D eigenvalue weighted by molar-refractivity contribution is 0.580. The largest absolute Gasteiger partial charge is 0.267 e. The van der Waals surface area contributed by atoms with Crippen molar-refractivity contribution in [2.75, 3.05) is 6.54 Å². The Kier molecular flexibility index (Phi) is 4.90. The molecule has 0 amide bonds. The minimum absolute atomic E-state index is 0.0910. The fourth-order valence-electron chi connectivity index (χ4n) is 1.63. The van der Waals surface area contributed by atoms with Crippen molar-refractivity contribution in [3.05, 3.63) is 39.1 Å². The van der Waals surface area contributed by atoms with E-state index in [1.807, 2.05) is 13.0 Å². The quantitative estimate of drug-likeness (QED) is 0.870. The molecule has 0 radical (unpaired) electrons. The van der Waals surface area contributed by atoms with Gasteiger partial charge in [-0.1, -0.05) is 11.3 Å². The number of sulfonamides is 1. The van der Waals surface area contributed by atoms with Gasteiger partial charge in [-0.15, -0.1) is 0 Å². The van der Waals surface area contributed by atoms with E-state index in [1.54, 1.807) is 19.3 Å². The number of nitrogens with one attached hydrogen (secondary N) is 1. The summed E-state index contributed by atoms with van der Waals surface area (Å²) < 4.78 is 27.6. The Hall–Kier alpha value is -0.830. The van der Waals surface area contributed by atoms with Crippen LogP contribution in [0.15, 0.2) is 26.6 Å². The predicted octanol–water partition coefficient (Wildman–Crippen LogP) is 2.44. The van der Waals surface area contributed by atoms with Gasteiger partial charge in [-0.3, -0.25) is 4.98 Å². The van der Waals surface area contributed by atoms with Crippen LogP contribution in [0.4, 0.5) is 0 Å². The molecular weight excluding hydrogens is 362 g/mol. The van der Waals surface area contributed by atoms with Crippen LogP contribution >= 0.6 is 27.3 Å². The first-order valence-corrected chi connectivity index (χ1v) is 9.01. The molecule has 0 saturated carbocycles. The van der Waals surface area contributed by atoms with Crippen LogP contribution in [-0.2, 0) is 16.4 Å². The molecule has 0 fully saturated rings. The lowest BCUT2D eigenvalue weighted by Gasteiger charge is -2.06. The summed E-state index contributed by atoms with van der Waals surface area (Å²) in [5.41, 5.74) is 2.82. The maximum absolute atomic E-state index is 12.1. The number of hydrogen-bond acceptors (Lipinski definition) is 5. The van der Waals surface area contributed by atoms with Crippen molar-refractivity contribution in [3.63, 3.8) is 0 Å².